The molecule has 1 N–H and O–H groups in total. The zero-order valence-electron chi connectivity index (χ0n) is 9.69. The summed E-state index contributed by atoms with van der Waals surface area (Å²) in [5.41, 5.74) is -0.0581. The van der Waals surface area contributed by atoms with Gasteiger partial charge in [0.1, 0.15) is 4.60 Å². The minimum absolute atomic E-state index is 0.0273. The number of aromatic nitrogens is 1. The van der Waals surface area contributed by atoms with Gasteiger partial charge in [-0.25, -0.2) is 4.98 Å². The van der Waals surface area contributed by atoms with Crippen molar-refractivity contribution in [3.05, 3.63) is 28.5 Å². The quantitative estimate of drug-likeness (QED) is 0.805. The Hall–Kier alpha value is -0.940. The fourth-order valence-corrected chi connectivity index (χ4v) is 2.33. The van der Waals surface area contributed by atoms with E-state index in [0.717, 1.165) is 0 Å². The van der Waals surface area contributed by atoms with Gasteiger partial charge in [0.15, 0.2) is 0 Å². The molecule has 1 aliphatic rings. The number of likely N-dealkylation sites (tertiary alicyclic amines) is 1. The molecule has 4 nitrogen and oxygen atoms in total. The third kappa shape index (κ3) is 2.84. The number of hydrogen-bond acceptors (Lipinski definition) is 3. The van der Waals surface area contributed by atoms with Crippen LogP contribution in [-0.4, -0.2) is 39.6 Å². The number of carbonyl (C=O) groups is 1. The molecule has 0 spiro atoms. The van der Waals surface area contributed by atoms with E-state index in [1.807, 2.05) is 6.92 Å². The summed E-state index contributed by atoms with van der Waals surface area (Å²) in [6, 6.07) is 3.50. The lowest BCUT2D eigenvalue weighted by Gasteiger charge is -2.35. The first-order valence-electron chi connectivity index (χ1n) is 5.62. The lowest BCUT2D eigenvalue weighted by molar-refractivity contribution is -0.00206. The third-order valence-electron chi connectivity index (χ3n) is 3.12. The Kier molecular flexibility index (Phi) is 3.49. The molecule has 0 aliphatic carbocycles. The number of hydrogen-bond donors (Lipinski definition) is 1. The first-order valence-corrected chi connectivity index (χ1v) is 6.41. The van der Waals surface area contributed by atoms with Crippen molar-refractivity contribution in [2.24, 2.45) is 0 Å². The molecule has 2 rings (SSSR count). The summed E-state index contributed by atoms with van der Waals surface area (Å²) in [7, 11) is 0. The Morgan fingerprint density at radius 1 is 1.53 bits per heavy atom. The largest absolute Gasteiger partial charge is 0.390 e. The van der Waals surface area contributed by atoms with Crippen LogP contribution in [0.3, 0.4) is 0 Å². The number of carbonyl (C=O) groups excluding carboxylic acids is 1. The second-order valence-electron chi connectivity index (χ2n) is 4.63. The predicted octanol–water partition coefficient (Wildman–Crippen LogP) is 1.83. The minimum Gasteiger partial charge on any atom is -0.390 e. The summed E-state index contributed by atoms with van der Waals surface area (Å²) in [5.74, 6) is -0.0273. The molecular weight excluding hydrogens is 284 g/mol. The second kappa shape index (κ2) is 4.74. The highest BCUT2D eigenvalue weighted by Crippen LogP contribution is 2.23. The van der Waals surface area contributed by atoms with Crippen molar-refractivity contribution < 1.29 is 9.90 Å². The molecule has 0 radical (unpaired) electrons. The van der Waals surface area contributed by atoms with Crippen molar-refractivity contribution in [1.29, 1.82) is 0 Å². The van der Waals surface area contributed by atoms with E-state index in [1.54, 1.807) is 23.2 Å². The van der Waals surface area contributed by atoms with Gasteiger partial charge in [0.25, 0.3) is 5.91 Å². The van der Waals surface area contributed by atoms with Crippen molar-refractivity contribution in [2.75, 3.05) is 13.1 Å². The fraction of sp³-hybridized carbons (Fsp3) is 0.500. The Labute approximate surface area is 109 Å². The third-order valence-corrected chi connectivity index (χ3v) is 3.75. The number of pyridine rings is 1. The molecule has 1 aromatic heterocycles. The van der Waals surface area contributed by atoms with Gasteiger partial charge in [-0.1, -0.05) is 0 Å². The highest BCUT2D eigenvalue weighted by atomic mass is 79.9. The molecule has 1 aromatic rings. The normalized spacial score (nSPS) is 19.1. The molecule has 1 fully saturated rings. The van der Waals surface area contributed by atoms with Crippen molar-refractivity contribution in [2.45, 2.75) is 25.4 Å². The van der Waals surface area contributed by atoms with E-state index in [0.29, 0.717) is 36.1 Å². The highest BCUT2D eigenvalue weighted by molar-refractivity contribution is 9.10. The summed E-state index contributed by atoms with van der Waals surface area (Å²) in [6.45, 7) is 3.00. The molecule has 17 heavy (non-hydrogen) atoms. The Morgan fingerprint density at radius 2 is 2.18 bits per heavy atom. The van der Waals surface area contributed by atoms with Crippen molar-refractivity contribution in [1.82, 2.24) is 9.88 Å². The molecule has 0 atom stereocenters. The van der Waals surface area contributed by atoms with Gasteiger partial charge < -0.3 is 10.0 Å². The molecule has 0 aromatic carbocycles. The topological polar surface area (TPSA) is 53.4 Å². The van der Waals surface area contributed by atoms with E-state index in [1.165, 1.54) is 0 Å². The molecular formula is C12H15BrN2O2. The zero-order valence-corrected chi connectivity index (χ0v) is 11.3. The average Bonchev–Trinajstić information content (AvgIpc) is 2.29. The molecule has 0 unspecified atom stereocenters. The van der Waals surface area contributed by atoms with Crippen LogP contribution in [0.1, 0.15) is 30.1 Å². The van der Waals surface area contributed by atoms with E-state index >= 15 is 0 Å². The van der Waals surface area contributed by atoms with Crippen molar-refractivity contribution in [3.63, 3.8) is 0 Å². The first kappa shape index (κ1) is 12.5. The average molecular weight is 299 g/mol. The Bertz CT molecular complexity index is 424. The number of aliphatic hydroxyl groups is 1. The molecule has 92 valence electrons. The van der Waals surface area contributed by atoms with Crippen LogP contribution in [0, 0.1) is 0 Å². The fourth-order valence-electron chi connectivity index (χ4n) is 1.91. The second-order valence-corrected chi connectivity index (χ2v) is 5.38. The van der Waals surface area contributed by atoms with Gasteiger partial charge in [-0.3, -0.25) is 4.79 Å². The number of amides is 1. The molecule has 5 heteroatoms. The maximum atomic E-state index is 12.2. The van der Waals surface area contributed by atoms with E-state index < -0.39 is 5.60 Å². The van der Waals surface area contributed by atoms with E-state index in [9.17, 15) is 9.90 Å². The van der Waals surface area contributed by atoms with Crippen molar-refractivity contribution in [3.8, 4) is 0 Å². The lowest BCUT2D eigenvalue weighted by atomic mass is 9.93. The van der Waals surface area contributed by atoms with Gasteiger partial charge in [-0.15, -0.1) is 0 Å². The maximum absolute atomic E-state index is 12.2. The molecule has 1 amide bonds. The Morgan fingerprint density at radius 3 is 2.76 bits per heavy atom. The van der Waals surface area contributed by atoms with Gasteiger partial charge in [0.2, 0.25) is 0 Å². The summed E-state index contributed by atoms with van der Waals surface area (Å²) < 4.78 is 0.572. The van der Waals surface area contributed by atoms with E-state index in [4.69, 9.17) is 0 Å². The standard InChI is InChI=1S/C12H15BrN2O2/c1-12(17)4-7-15(8-5-12)11(16)9-3-2-6-14-10(9)13/h2-3,6,17H,4-5,7-8H2,1H3. The zero-order chi connectivity index (χ0) is 12.5. The SMILES string of the molecule is CC1(O)CCN(C(=O)c2cccnc2Br)CC1. The molecule has 2 heterocycles. The van der Waals surface area contributed by atoms with Crippen molar-refractivity contribution >= 4 is 21.8 Å². The van der Waals surface area contributed by atoms with Crippen LogP contribution in [0.15, 0.2) is 22.9 Å². The highest BCUT2D eigenvalue weighted by Gasteiger charge is 2.30. The number of piperidine rings is 1. The Balaban J connectivity index is 2.10. The van der Waals surface area contributed by atoms with Gasteiger partial charge in [0, 0.05) is 19.3 Å². The predicted molar refractivity (Wildman–Crippen MR) is 67.7 cm³/mol. The summed E-state index contributed by atoms with van der Waals surface area (Å²) in [6.07, 6.45) is 2.88. The number of rotatable bonds is 1. The summed E-state index contributed by atoms with van der Waals surface area (Å²) >= 11 is 3.28. The van der Waals surface area contributed by atoms with Crippen LogP contribution < -0.4 is 0 Å². The smallest absolute Gasteiger partial charge is 0.256 e. The summed E-state index contributed by atoms with van der Waals surface area (Å²) in [4.78, 5) is 18.0. The first-order chi connectivity index (χ1) is 7.99. The molecule has 1 saturated heterocycles. The van der Waals surface area contributed by atoms with Gasteiger partial charge in [-0.2, -0.15) is 0 Å². The van der Waals surface area contributed by atoms with Crippen LogP contribution >= 0.6 is 15.9 Å². The van der Waals surface area contributed by atoms with Gasteiger partial charge in [0.05, 0.1) is 11.2 Å². The number of halogens is 1. The van der Waals surface area contributed by atoms with E-state index in [2.05, 4.69) is 20.9 Å². The number of nitrogens with zero attached hydrogens (tertiary/aromatic N) is 2. The van der Waals surface area contributed by atoms with Crippen LogP contribution in [0.25, 0.3) is 0 Å². The maximum Gasteiger partial charge on any atom is 0.256 e. The molecule has 1 aliphatic heterocycles. The van der Waals surface area contributed by atoms with Crippen LogP contribution in [0.2, 0.25) is 0 Å². The summed E-state index contributed by atoms with van der Waals surface area (Å²) in [5, 5.41) is 9.84. The van der Waals surface area contributed by atoms with Gasteiger partial charge >= 0.3 is 0 Å². The lowest BCUT2D eigenvalue weighted by Crippen LogP contribution is -2.45. The van der Waals surface area contributed by atoms with Gasteiger partial charge in [-0.05, 0) is 47.8 Å². The molecule has 0 bridgehead atoms. The monoisotopic (exact) mass is 298 g/mol. The van der Waals surface area contributed by atoms with Crippen LogP contribution in [-0.2, 0) is 0 Å². The minimum atomic E-state index is -0.636. The molecule has 0 saturated carbocycles. The van der Waals surface area contributed by atoms with Crippen LogP contribution in [0.4, 0.5) is 0 Å². The van der Waals surface area contributed by atoms with Crippen LogP contribution in [0.5, 0.6) is 0 Å². The van der Waals surface area contributed by atoms with E-state index in [-0.39, 0.29) is 5.91 Å².